The van der Waals surface area contributed by atoms with Gasteiger partial charge < -0.3 is 9.84 Å². The quantitative estimate of drug-likeness (QED) is 0.859. The van der Waals surface area contributed by atoms with E-state index in [2.05, 4.69) is 4.98 Å². The second kappa shape index (κ2) is 3.26. The second-order valence-electron chi connectivity index (χ2n) is 3.87. The van der Waals surface area contributed by atoms with E-state index in [1.54, 1.807) is 0 Å². The molecule has 0 radical (unpaired) electrons. The van der Waals surface area contributed by atoms with Crippen molar-refractivity contribution in [3.63, 3.8) is 0 Å². The van der Waals surface area contributed by atoms with Gasteiger partial charge in [-0.1, -0.05) is 12.1 Å². The fraction of sp³-hybridized carbons (Fsp3) is 0.273. The van der Waals surface area contributed by atoms with Gasteiger partial charge in [0.25, 0.3) is 0 Å². The van der Waals surface area contributed by atoms with E-state index in [1.165, 1.54) is 11.3 Å². The molecule has 5 heteroatoms. The van der Waals surface area contributed by atoms with Gasteiger partial charge in [-0.15, -0.1) is 11.3 Å². The Balaban J connectivity index is 2.15. The molecule has 1 aromatic carbocycles. The Kier molecular flexibility index (Phi) is 1.99. The van der Waals surface area contributed by atoms with E-state index in [-0.39, 0.29) is 13.2 Å². The SMILES string of the molecule is O=C(O)C1(c2nc3ccccc3s2)COC1. The smallest absolute Gasteiger partial charge is 0.321 e. The summed E-state index contributed by atoms with van der Waals surface area (Å²) in [6.07, 6.45) is 0. The van der Waals surface area contributed by atoms with E-state index in [4.69, 9.17) is 4.74 Å². The lowest BCUT2D eigenvalue weighted by Crippen LogP contribution is -2.52. The maximum Gasteiger partial charge on any atom is 0.321 e. The molecule has 0 unspecified atom stereocenters. The zero-order valence-corrected chi connectivity index (χ0v) is 9.16. The maximum atomic E-state index is 11.3. The third-order valence-electron chi connectivity index (χ3n) is 2.81. The molecule has 1 aliphatic heterocycles. The zero-order chi connectivity index (χ0) is 11.2. The molecule has 1 N–H and O–H groups in total. The van der Waals surface area contributed by atoms with Gasteiger partial charge in [0.1, 0.15) is 5.01 Å². The summed E-state index contributed by atoms with van der Waals surface area (Å²) in [5, 5.41) is 9.89. The first-order chi connectivity index (χ1) is 7.72. The molecule has 0 bridgehead atoms. The summed E-state index contributed by atoms with van der Waals surface area (Å²) in [4.78, 5) is 15.7. The van der Waals surface area contributed by atoms with Gasteiger partial charge in [0, 0.05) is 0 Å². The van der Waals surface area contributed by atoms with Crippen LogP contribution in [0.25, 0.3) is 10.2 Å². The first kappa shape index (κ1) is 9.74. The first-order valence-electron chi connectivity index (χ1n) is 4.90. The summed E-state index contributed by atoms with van der Waals surface area (Å²) in [5.41, 5.74) is -0.0565. The maximum absolute atomic E-state index is 11.3. The van der Waals surface area contributed by atoms with Crippen LogP contribution in [0.3, 0.4) is 0 Å². The molecule has 0 aliphatic carbocycles. The Morgan fingerprint density at radius 2 is 2.19 bits per heavy atom. The second-order valence-corrected chi connectivity index (χ2v) is 4.90. The Bertz CT molecular complexity index is 526. The minimum Gasteiger partial charge on any atom is -0.480 e. The number of nitrogens with zero attached hydrogens (tertiary/aromatic N) is 1. The van der Waals surface area contributed by atoms with Crippen LogP contribution in [0.5, 0.6) is 0 Å². The average molecular weight is 235 g/mol. The van der Waals surface area contributed by atoms with Crippen molar-refractivity contribution in [2.45, 2.75) is 5.41 Å². The average Bonchev–Trinajstić information content (AvgIpc) is 2.58. The van der Waals surface area contributed by atoms with E-state index in [0.29, 0.717) is 5.01 Å². The monoisotopic (exact) mass is 235 g/mol. The Morgan fingerprint density at radius 3 is 2.75 bits per heavy atom. The third kappa shape index (κ3) is 1.19. The van der Waals surface area contributed by atoms with Crippen LogP contribution in [-0.4, -0.2) is 29.3 Å². The van der Waals surface area contributed by atoms with Crippen molar-refractivity contribution in [2.24, 2.45) is 0 Å². The molecule has 1 saturated heterocycles. The van der Waals surface area contributed by atoms with E-state index in [0.717, 1.165) is 10.2 Å². The molecule has 82 valence electrons. The normalized spacial score (nSPS) is 18.2. The highest BCUT2D eigenvalue weighted by atomic mass is 32.1. The lowest BCUT2D eigenvalue weighted by atomic mass is 9.87. The molecule has 4 nitrogen and oxygen atoms in total. The molecule has 0 amide bonds. The van der Waals surface area contributed by atoms with Crippen molar-refractivity contribution in [2.75, 3.05) is 13.2 Å². The van der Waals surface area contributed by atoms with Crippen LogP contribution in [0.1, 0.15) is 5.01 Å². The minimum absolute atomic E-state index is 0.224. The number of rotatable bonds is 2. The molecule has 2 aromatic rings. The van der Waals surface area contributed by atoms with Gasteiger partial charge in [0.05, 0.1) is 23.4 Å². The van der Waals surface area contributed by atoms with E-state index in [1.807, 2.05) is 24.3 Å². The van der Waals surface area contributed by atoms with Crippen molar-refractivity contribution in [3.8, 4) is 0 Å². The highest BCUT2D eigenvalue weighted by molar-refractivity contribution is 7.18. The molecule has 3 rings (SSSR count). The highest BCUT2D eigenvalue weighted by Gasteiger charge is 2.50. The van der Waals surface area contributed by atoms with Crippen LogP contribution in [-0.2, 0) is 14.9 Å². The number of carboxylic acid groups (broad SMARTS) is 1. The van der Waals surface area contributed by atoms with Gasteiger partial charge >= 0.3 is 5.97 Å². The number of carbonyl (C=O) groups is 1. The van der Waals surface area contributed by atoms with Crippen LogP contribution in [0.15, 0.2) is 24.3 Å². The van der Waals surface area contributed by atoms with Gasteiger partial charge in [0.2, 0.25) is 0 Å². The van der Waals surface area contributed by atoms with E-state index < -0.39 is 11.4 Å². The minimum atomic E-state index is -0.913. The van der Waals surface area contributed by atoms with Crippen molar-refractivity contribution in [3.05, 3.63) is 29.3 Å². The summed E-state index contributed by atoms with van der Waals surface area (Å²) >= 11 is 1.44. The number of aliphatic carboxylic acids is 1. The van der Waals surface area contributed by atoms with Crippen molar-refractivity contribution < 1.29 is 14.6 Å². The Labute approximate surface area is 95.5 Å². The molecule has 1 aliphatic rings. The van der Waals surface area contributed by atoms with Gasteiger partial charge in [-0.25, -0.2) is 4.98 Å². The summed E-state index contributed by atoms with van der Waals surface area (Å²) in [5.74, 6) is -0.849. The molecule has 1 fully saturated rings. The molecule has 0 atom stereocenters. The number of fused-ring (bicyclic) bond motifs is 1. The van der Waals surface area contributed by atoms with Crippen LogP contribution < -0.4 is 0 Å². The zero-order valence-electron chi connectivity index (χ0n) is 8.34. The van der Waals surface area contributed by atoms with Crippen molar-refractivity contribution in [1.29, 1.82) is 0 Å². The van der Waals surface area contributed by atoms with Gasteiger partial charge in [-0.05, 0) is 12.1 Å². The topological polar surface area (TPSA) is 59.4 Å². The lowest BCUT2D eigenvalue weighted by Gasteiger charge is -2.35. The standard InChI is InChI=1S/C11H9NO3S/c13-10(14)11(5-15-6-11)9-12-7-3-1-2-4-8(7)16-9/h1-4H,5-6H2,(H,13,14). The lowest BCUT2D eigenvalue weighted by molar-refractivity contribution is -0.163. The van der Waals surface area contributed by atoms with Crippen molar-refractivity contribution >= 4 is 27.5 Å². The number of carboxylic acids is 1. The largest absolute Gasteiger partial charge is 0.480 e. The Hall–Kier alpha value is -1.46. The summed E-state index contributed by atoms with van der Waals surface area (Å²) < 4.78 is 6.05. The van der Waals surface area contributed by atoms with Crippen LogP contribution in [0, 0.1) is 0 Å². The fourth-order valence-corrected chi connectivity index (χ4v) is 2.84. The number of aromatic nitrogens is 1. The highest BCUT2D eigenvalue weighted by Crippen LogP contribution is 2.37. The summed E-state index contributed by atoms with van der Waals surface area (Å²) in [6.45, 7) is 0.449. The van der Waals surface area contributed by atoms with Crippen molar-refractivity contribution in [1.82, 2.24) is 4.98 Å². The number of ether oxygens (including phenoxy) is 1. The number of para-hydroxylation sites is 1. The number of hydrogen-bond acceptors (Lipinski definition) is 4. The summed E-state index contributed by atoms with van der Waals surface area (Å²) in [7, 11) is 0. The molecule has 0 saturated carbocycles. The van der Waals surface area contributed by atoms with E-state index >= 15 is 0 Å². The van der Waals surface area contributed by atoms with Crippen LogP contribution in [0.4, 0.5) is 0 Å². The molecule has 2 heterocycles. The first-order valence-corrected chi connectivity index (χ1v) is 5.71. The van der Waals surface area contributed by atoms with Crippen LogP contribution >= 0.6 is 11.3 Å². The Morgan fingerprint density at radius 1 is 1.44 bits per heavy atom. The molecular weight excluding hydrogens is 226 g/mol. The van der Waals surface area contributed by atoms with Crippen LogP contribution in [0.2, 0.25) is 0 Å². The molecule has 0 spiro atoms. The van der Waals surface area contributed by atoms with Gasteiger partial charge in [-0.3, -0.25) is 4.79 Å². The van der Waals surface area contributed by atoms with Gasteiger partial charge in [0.15, 0.2) is 5.41 Å². The third-order valence-corrected chi connectivity index (χ3v) is 4.05. The number of thiazole rings is 1. The predicted octanol–water partition coefficient (Wildman–Crippen LogP) is 1.65. The summed E-state index contributed by atoms with van der Waals surface area (Å²) in [6, 6.07) is 7.67. The van der Waals surface area contributed by atoms with Gasteiger partial charge in [-0.2, -0.15) is 0 Å². The molecular formula is C11H9NO3S. The molecule has 16 heavy (non-hydrogen) atoms. The number of hydrogen-bond donors (Lipinski definition) is 1. The molecule has 1 aromatic heterocycles. The number of benzene rings is 1. The van der Waals surface area contributed by atoms with E-state index in [9.17, 15) is 9.90 Å². The predicted molar refractivity (Wildman–Crippen MR) is 59.8 cm³/mol. The fourth-order valence-electron chi connectivity index (χ4n) is 1.72.